The van der Waals surface area contributed by atoms with E-state index in [4.69, 9.17) is 4.74 Å². The van der Waals surface area contributed by atoms with Crippen LogP contribution >= 0.6 is 0 Å². The van der Waals surface area contributed by atoms with E-state index in [1.807, 2.05) is 0 Å². The molecule has 0 bridgehead atoms. The molecule has 0 unspecified atom stereocenters. The third-order valence-corrected chi connectivity index (χ3v) is 4.14. The Morgan fingerprint density at radius 2 is 1.88 bits per heavy atom. The summed E-state index contributed by atoms with van der Waals surface area (Å²) in [5, 5.41) is 4.91. The van der Waals surface area contributed by atoms with Gasteiger partial charge in [-0.2, -0.15) is 0 Å². The quantitative estimate of drug-likeness (QED) is 0.623. The first-order valence-corrected chi connectivity index (χ1v) is 8.70. The number of hydrogen-bond donors (Lipinski definition) is 2. The highest BCUT2D eigenvalue weighted by Crippen LogP contribution is 2.17. The summed E-state index contributed by atoms with van der Waals surface area (Å²) in [5.74, 6) is -1.99. The lowest BCUT2D eigenvalue weighted by Gasteiger charge is -2.23. The minimum atomic E-state index is -1.15. The fourth-order valence-corrected chi connectivity index (χ4v) is 2.72. The Labute approximate surface area is 151 Å². The maximum absolute atomic E-state index is 13.5. The van der Waals surface area contributed by atoms with Crippen molar-refractivity contribution < 1.29 is 23.5 Å². The fourth-order valence-electron chi connectivity index (χ4n) is 2.72. The molecule has 26 heavy (non-hydrogen) atoms. The number of benzene rings is 1. The van der Waals surface area contributed by atoms with Crippen LogP contribution in [0.1, 0.15) is 44.6 Å². The molecule has 0 heterocycles. The number of ether oxygens (including phenoxy) is 1. The van der Waals surface area contributed by atoms with Crippen LogP contribution in [0.15, 0.2) is 30.3 Å². The summed E-state index contributed by atoms with van der Waals surface area (Å²) in [5.41, 5.74) is 0.230. The average molecular weight is 362 g/mol. The van der Waals surface area contributed by atoms with Crippen LogP contribution in [0.2, 0.25) is 0 Å². The van der Waals surface area contributed by atoms with Crippen LogP contribution in [0.5, 0.6) is 0 Å². The van der Waals surface area contributed by atoms with E-state index in [2.05, 4.69) is 10.6 Å². The van der Waals surface area contributed by atoms with E-state index in [9.17, 15) is 18.8 Å². The van der Waals surface area contributed by atoms with Crippen LogP contribution in [0.25, 0.3) is 6.08 Å². The summed E-state index contributed by atoms with van der Waals surface area (Å²) < 4.78 is 18.4. The largest absolute Gasteiger partial charge is 0.449 e. The van der Waals surface area contributed by atoms with Crippen molar-refractivity contribution in [2.24, 2.45) is 0 Å². The number of amides is 3. The van der Waals surface area contributed by atoms with Crippen molar-refractivity contribution in [1.82, 2.24) is 10.6 Å². The Kier molecular flexibility index (Phi) is 7.32. The molecule has 1 aromatic carbocycles. The van der Waals surface area contributed by atoms with Crippen molar-refractivity contribution in [3.8, 4) is 0 Å². The number of carbonyl (C=O) groups excluding carboxylic acids is 3. The predicted octanol–water partition coefficient (Wildman–Crippen LogP) is 2.93. The smallest absolute Gasteiger partial charge is 0.331 e. The standard InChI is InChI=1S/C19H23FN2O4/c1-13(18(24)22-19(25)21-15-8-3-2-4-9-15)26-17(23)12-11-14-7-5-6-10-16(14)20/h5-7,10-13,15H,2-4,8-9H2,1H3,(H2,21,22,24,25)/b12-11+/t13-/m1/s1. The van der Waals surface area contributed by atoms with E-state index in [1.165, 1.54) is 31.2 Å². The first-order chi connectivity index (χ1) is 12.5. The monoisotopic (exact) mass is 362 g/mol. The maximum atomic E-state index is 13.5. The van der Waals surface area contributed by atoms with Crippen molar-refractivity contribution in [2.45, 2.75) is 51.2 Å². The molecule has 2 rings (SSSR count). The second kappa shape index (κ2) is 9.70. The Morgan fingerprint density at radius 3 is 2.58 bits per heavy atom. The molecular formula is C19H23FN2O4. The van der Waals surface area contributed by atoms with Crippen LogP contribution in [0.3, 0.4) is 0 Å². The number of esters is 1. The second-order valence-corrected chi connectivity index (χ2v) is 6.23. The molecule has 1 aromatic rings. The molecule has 1 atom stereocenters. The van der Waals surface area contributed by atoms with Crippen molar-refractivity contribution in [3.05, 3.63) is 41.7 Å². The number of rotatable bonds is 5. The summed E-state index contributed by atoms with van der Waals surface area (Å²) in [7, 11) is 0. The van der Waals surface area contributed by atoms with Gasteiger partial charge in [0, 0.05) is 17.7 Å². The summed E-state index contributed by atoms with van der Waals surface area (Å²) in [6.07, 6.45) is 6.21. The summed E-state index contributed by atoms with van der Waals surface area (Å²) in [6, 6.07) is 5.42. The highest BCUT2D eigenvalue weighted by Gasteiger charge is 2.21. The number of nitrogens with one attached hydrogen (secondary N) is 2. The lowest BCUT2D eigenvalue weighted by atomic mass is 9.96. The van der Waals surface area contributed by atoms with Crippen LogP contribution < -0.4 is 10.6 Å². The number of imide groups is 1. The first-order valence-electron chi connectivity index (χ1n) is 8.70. The highest BCUT2D eigenvalue weighted by atomic mass is 19.1. The molecule has 140 valence electrons. The molecule has 0 spiro atoms. The highest BCUT2D eigenvalue weighted by molar-refractivity contribution is 5.98. The maximum Gasteiger partial charge on any atom is 0.331 e. The van der Waals surface area contributed by atoms with Gasteiger partial charge in [0.25, 0.3) is 5.91 Å². The Hall–Kier alpha value is -2.70. The molecule has 6 nitrogen and oxygen atoms in total. The van der Waals surface area contributed by atoms with E-state index in [0.717, 1.165) is 38.2 Å². The van der Waals surface area contributed by atoms with Gasteiger partial charge in [-0.25, -0.2) is 14.0 Å². The lowest BCUT2D eigenvalue weighted by molar-refractivity contribution is -0.149. The van der Waals surface area contributed by atoms with Gasteiger partial charge in [-0.05, 0) is 31.9 Å². The van der Waals surface area contributed by atoms with Gasteiger partial charge < -0.3 is 10.1 Å². The molecule has 0 saturated heterocycles. The number of urea groups is 1. The molecule has 1 saturated carbocycles. The van der Waals surface area contributed by atoms with Crippen LogP contribution in [0, 0.1) is 5.82 Å². The van der Waals surface area contributed by atoms with Crippen molar-refractivity contribution in [2.75, 3.05) is 0 Å². The van der Waals surface area contributed by atoms with Crippen molar-refractivity contribution in [1.29, 1.82) is 0 Å². The van der Waals surface area contributed by atoms with Gasteiger partial charge in [-0.3, -0.25) is 10.1 Å². The Bertz CT molecular complexity index is 684. The van der Waals surface area contributed by atoms with Gasteiger partial charge in [-0.1, -0.05) is 37.5 Å². The zero-order valence-corrected chi connectivity index (χ0v) is 14.7. The van der Waals surface area contributed by atoms with E-state index >= 15 is 0 Å². The molecule has 1 aliphatic carbocycles. The SMILES string of the molecule is C[C@@H](OC(=O)/C=C/c1ccccc1F)C(=O)NC(=O)NC1CCCCC1. The zero-order chi connectivity index (χ0) is 18.9. The molecular weight excluding hydrogens is 339 g/mol. The third kappa shape index (κ3) is 6.31. The van der Waals surface area contributed by atoms with E-state index < -0.39 is 29.8 Å². The zero-order valence-electron chi connectivity index (χ0n) is 14.7. The summed E-state index contributed by atoms with van der Waals surface area (Å²) in [6.45, 7) is 1.36. The molecule has 0 radical (unpaired) electrons. The van der Waals surface area contributed by atoms with Gasteiger partial charge in [0.2, 0.25) is 0 Å². The fraction of sp³-hybridized carbons (Fsp3) is 0.421. The van der Waals surface area contributed by atoms with Gasteiger partial charge in [0.1, 0.15) is 5.82 Å². The van der Waals surface area contributed by atoms with Gasteiger partial charge in [0.15, 0.2) is 6.10 Å². The summed E-state index contributed by atoms with van der Waals surface area (Å²) >= 11 is 0. The van der Waals surface area contributed by atoms with E-state index in [1.54, 1.807) is 6.07 Å². The van der Waals surface area contributed by atoms with Crippen molar-refractivity contribution in [3.63, 3.8) is 0 Å². The molecule has 2 N–H and O–H groups in total. The predicted molar refractivity (Wildman–Crippen MR) is 94.5 cm³/mol. The van der Waals surface area contributed by atoms with Gasteiger partial charge in [0.05, 0.1) is 0 Å². The lowest BCUT2D eigenvalue weighted by Crippen LogP contribution is -2.48. The third-order valence-electron chi connectivity index (χ3n) is 4.14. The first kappa shape index (κ1) is 19.6. The minimum Gasteiger partial charge on any atom is -0.449 e. The molecule has 1 aliphatic rings. The normalized spacial score (nSPS) is 16.1. The minimum absolute atomic E-state index is 0.0677. The molecule has 3 amide bonds. The molecule has 7 heteroatoms. The number of hydrogen-bond acceptors (Lipinski definition) is 4. The Balaban J connectivity index is 1.77. The van der Waals surface area contributed by atoms with Crippen LogP contribution in [0.4, 0.5) is 9.18 Å². The second-order valence-electron chi connectivity index (χ2n) is 6.23. The van der Waals surface area contributed by atoms with Crippen LogP contribution in [-0.2, 0) is 14.3 Å². The molecule has 0 aromatic heterocycles. The van der Waals surface area contributed by atoms with E-state index in [-0.39, 0.29) is 11.6 Å². The van der Waals surface area contributed by atoms with Gasteiger partial charge in [-0.15, -0.1) is 0 Å². The Morgan fingerprint density at radius 1 is 1.19 bits per heavy atom. The number of carbonyl (C=O) groups is 3. The van der Waals surface area contributed by atoms with Gasteiger partial charge >= 0.3 is 12.0 Å². The average Bonchev–Trinajstić information content (AvgIpc) is 2.61. The molecule has 0 aliphatic heterocycles. The van der Waals surface area contributed by atoms with Crippen molar-refractivity contribution >= 4 is 24.0 Å². The van der Waals surface area contributed by atoms with Crippen LogP contribution in [-0.4, -0.2) is 30.1 Å². The van der Waals surface area contributed by atoms with E-state index in [0.29, 0.717) is 0 Å². The number of halogens is 1. The topological polar surface area (TPSA) is 84.5 Å². The molecule has 1 fully saturated rings. The summed E-state index contributed by atoms with van der Waals surface area (Å²) in [4.78, 5) is 35.5.